The molecule has 2 aromatic carbocycles. The van der Waals surface area contributed by atoms with Crippen LogP contribution in [0.15, 0.2) is 42.5 Å². The molecule has 1 heterocycles. The number of nitro benzene ring substituents is 1. The molecular formula is C17H12FN3O5. The summed E-state index contributed by atoms with van der Waals surface area (Å²) >= 11 is 0. The number of nitro groups is 1. The number of nitrogens with one attached hydrogen (secondary N) is 1. The topological polar surface area (TPSA) is 110 Å². The zero-order valence-corrected chi connectivity index (χ0v) is 13.3. The van der Waals surface area contributed by atoms with Gasteiger partial charge >= 0.3 is 0 Å². The zero-order chi connectivity index (χ0) is 18.8. The van der Waals surface area contributed by atoms with Crippen LogP contribution in [0.2, 0.25) is 0 Å². The summed E-state index contributed by atoms with van der Waals surface area (Å²) in [7, 11) is 0. The summed E-state index contributed by atoms with van der Waals surface area (Å²) in [5.74, 6) is -2.41. The number of amides is 3. The van der Waals surface area contributed by atoms with Gasteiger partial charge in [-0.15, -0.1) is 0 Å². The molecule has 3 rings (SSSR count). The van der Waals surface area contributed by atoms with Crippen LogP contribution in [0.25, 0.3) is 0 Å². The number of hydrogen-bond donors (Lipinski definition) is 1. The van der Waals surface area contributed by atoms with Gasteiger partial charge < -0.3 is 5.32 Å². The van der Waals surface area contributed by atoms with Crippen molar-refractivity contribution < 1.29 is 23.7 Å². The largest absolute Gasteiger partial charge is 0.326 e. The molecule has 3 amide bonds. The van der Waals surface area contributed by atoms with E-state index in [-0.39, 0.29) is 24.1 Å². The maximum absolute atomic E-state index is 12.8. The first kappa shape index (κ1) is 17.2. The third-order valence-electron chi connectivity index (χ3n) is 3.86. The quantitative estimate of drug-likeness (QED) is 0.502. The standard InChI is InChI=1S/C17H12FN3O5/c18-10-4-6-11(7-5-10)19-14(22)8-9-20-16(23)12-2-1-3-13(21(25)26)15(12)17(20)24/h1-7H,8-9H2,(H,19,22). The van der Waals surface area contributed by atoms with E-state index in [0.717, 1.165) is 11.0 Å². The van der Waals surface area contributed by atoms with Crippen LogP contribution in [0.5, 0.6) is 0 Å². The molecule has 0 radical (unpaired) electrons. The van der Waals surface area contributed by atoms with Gasteiger partial charge in [0.2, 0.25) is 5.91 Å². The fourth-order valence-electron chi connectivity index (χ4n) is 2.64. The average molecular weight is 357 g/mol. The van der Waals surface area contributed by atoms with E-state index in [0.29, 0.717) is 5.69 Å². The van der Waals surface area contributed by atoms with Crippen molar-refractivity contribution in [2.45, 2.75) is 6.42 Å². The average Bonchev–Trinajstić information content (AvgIpc) is 2.86. The van der Waals surface area contributed by atoms with E-state index in [1.807, 2.05) is 0 Å². The van der Waals surface area contributed by atoms with Gasteiger partial charge in [-0.25, -0.2) is 4.39 Å². The SMILES string of the molecule is O=C(CCN1C(=O)c2cccc([N+](=O)[O-])c2C1=O)Nc1ccc(F)cc1. The van der Waals surface area contributed by atoms with Gasteiger partial charge in [0.1, 0.15) is 11.4 Å². The molecule has 132 valence electrons. The fraction of sp³-hybridized carbons (Fsp3) is 0.118. The highest BCUT2D eigenvalue weighted by molar-refractivity contribution is 6.23. The summed E-state index contributed by atoms with van der Waals surface area (Å²) in [6.45, 7) is -0.226. The van der Waals surface area contributed by atoms with E-state index in [4.69, 9.17) is 0 Å². The Morgan fingerprint density at radius 3 is 2.46 bits per heavy atom. The number of fused-ring (bicyclic) bond motifs is 1. The van der Waals surface area contributed by atoms with Gasteiger partial charge in [0.25, 0.3) is 17.5 Å². The Labute approximate surface area is 146 Å². The van der Waals surface area contributed by atoms with Crippen LogP contribution >= 0.6 is 0 Å². The molecular weight excluding hydrogens is 345 g/mol. The Morgan fingerprint density at radius 2 is 1.81 bits per heavy atom. The highest BCUT2D eigenvalue weighted by Crippen LogP contribution is 2.30. The Bertz CT molecular complexity index is 926. The summed E-state index contributed by atoms with van der Waals surface area (Å²) in [5, 5.41) is 13.6. The highest BCUT2D eigenvalue weighted by Gasteiger charge is 2.40. The number of imide groups is 1. The van der Waals surface area contributed by atoms with Crippen molar-refractivity contribution in [3.05, 3.63) is 69.5 Å². The molecule has 0 unspecified atom stereocenters. The van der Waals surface area contributed by atoms with Gasteiger partial charge in [-0.2, -0.15) is 0 Å². The molecule has 1 N–H and O–H groups in total. The maximum Gasteiger partial charge on any atom is 0.282 e. The number of carbonyl (C=O) groups excluding carboxylic acids is 3. The number of carbonyl (C=O) groups is 3. The van der Waals surface area contributed by atoms with Crippen LogP contribution in [-0.2, 0) is 4.79 Å². The molecule has 0 fully saturated rings. The molecule has 0 aromatic heterocycles. The normalized spacial score (nSPS) is 12.9. The van der Waals surface area contributed by atoms with Crippen molar-refractivity contribution in [1.29, 1.82) is 0 Å². The molecule has 0 spiro atoms. The van der Waals surface area contributed by atoms with Gasteiger partial charge in [-0.3, -0.25) is 29.4 Å². The van der Waals surface area contributed by atoms with Gasteiger partial charge in [0.05, 0.1) is 10.5 Å². The monoisotopic (exact) mass is 357 g/mol. The molecule has 0 saturated carbocycles. The zero-order valence-electron chi connectivity index (χ0n) is 13.3. The molecule has 8 nitrogen and oxygen atoms in total. The van der Waals surface area contributed by atoms with Crippen LogP contribution in [0.1, 0.15) is 27.1 Å². The second-order valence-corrected chi connectivity index (χ2v) is 5.52. The van der Waals surface area contributed by atoms with E-state index in [1.54, 1.807) is 0 Å². The van der Waals surface area contributed by atoms with Gasteiger partial charge in [0, 0.05) is 24.7 Å². The van der Waals surface area contributed by atoms with E-state index in [2.05, 4.69) is 5.32 Å². The van der Waals surface area contributed by atoms with E-state index in [1.165, 1.54) is 36.4 Å². The third kappa shape index (κ3) is 3.14. The molecule has 26 heavy (non-hydrogen) atoms. The first-order chi connectivity index (χ1) is 12.4. The lowest BCUT2D eigenvalue weighted by molar-refractivity contribution is -0.385. The number of hydrogen-bond acceptors (Lipinski definition) is 5. The van der Waals surface area contributed by atoms with Crippen LogP contribution in [0, 0.1) is 15.9 Å². The first-order valence-corrected chi connectivity index (χ1v) is 7.57. The lowest BCUT2D eigenvalue weighted by Crippen LogP contribution is -2.33. The van der Waals surface area contributed by atoms with Gasteiger partial charge in [-0.1, -0.05) is 6.07 Å². The molecule has 0 atom stereocenters. The molecule has 0 bridgehead atoms. The summed E-state index contributed by atoms with van der Waals surface area (Å²) in [6, 6.07) is 8.91. The van der Waals surface area contributed by atoms with Crippen molar-refractivity contribution in [2.75, 3.05) is 11.9 Å². The van der Waals surface area contributed by atoms with E-state index >= 15 is 0 Å². The maximum atomic E-state index is 12.8. The lowest BCUT2D eigenvalue weighted by atomic mass is 10.1. The van der Waals surface area contributed by atoms with Crippen LogP contribution in [-0.4, -0.2) is 34.1 Å². The van der Waals surface area contributed by atoms with Crippen LogP contribution in [0.4, 0.5) is 15.8 Å². The van der Waals surface area contributed by atoms with Crippen molar-refractivity contribution in [2.24, 2.45) is 0 Å². The minimum Gasteiger partial charge on any atom is -0.326 e. The van der Waals surface area contributed by atoms with Crippen molar-refractivity contribution in [3.8, 4) is 0 Å². The van der Waals surface area contributed by atoms with E-state index < -0.39 is 34.1 Å². The number of benzene rings is 2. The van der Waals surface area contributed by atoms with Crippen LogP contribution < -0.4 is 5.32 Å². The first-order valence-electron chi connectivity index (χ1n) is 7.57. The number of anilines is 1. The smallest absolute Gasteiger partial charge is 0.282 e. The van der Waals surface area contributed by atoms with Crippen molar-refractivity contribution >= 4 is 29.1 Å². The predicted octanol–water partition coefficient (Wildman–Crippen LogP) is 2.36. The van der Waals surface area contributed by atoms with Crippen molar-refractivity contribution in [1.82, 2.24) is 4.90 Å². The van der Waals surface area contributed by atoms with Crippen molar-refractivity contribution in [3.63, 3.8) is 0 Å². The Morgan fingerprint density at radius 1 is 1.12 bits per heavy atom. The highest BCUT2D eigenvalue weighted by atomic mass is 19.1. The Kier molecular flexibility index (Phi) is 4.44. The third-order valence-corrected chi connectivity index (χ3v) is 3.86. The minimum absolute atomic E-state index is 0.0526. The van der Waals surface area contributed by atoms with Gasteiger partial charge in [-0.05, 0) is 30.3 Å². The Hall–Kier alpha value is -3.62. The summed E-state index contributed by atoms with van der Waals surface area (Å²) in [5.41, 5.74) is -0.391. The molecule has 0 saturated heterocycles. The number of rotatable bonds is 5. The number of nitrogens with zero attached hydrogens (tertiary/aromatic N) is 2. The molecule has 2 aromatic rings. The molecule has 9 heteroatoms. The molecule has 1 aliphatic rings. The molecule has 1 aliphatic heterocycles. The lowest BCUT2D eigenvalue weighted by Gasteiger charge is -2.13. The van der Waals surface area contributed by atoms with Gasteiger partial charge in [0.15, 0.2) is 0 Å². The second-order valence-electron chi connectivity index (χ2n) is 5.52. The number of halogens is 1. The fourth-order valence-corrected chi connectivity index (χ4v) is 2.64. The Balaban J connectivity index is 1.69. The van der Waals surface area contributed by atoms with E-state index in [9.17, 15) is 28.9 Å². The minimum atomic E-state index is -0.799. The summed E-state index contributed by atoms with van der Waals surface area (Å²) in [6.07, 6.45) is -0.198. The molecule has 0 aliphatic carbocycles. The summed E-state index contributed by atoms with van der Waals surface area (Å²) in [4.78, 5) is 47.7. The summed E-state index contributed by atoms with van der Waals surface area (Å²) < 4.78 is 12.8. The second kappa shape index (κ2) is 6.71. The predicted molar refractivity (Wildman–Crippen MR) is 88.1 cm³/mol. The van der Waals surface area contributed by atoms with Crippen LogP contribution in [0.3, 0.4) is 0 Å².